The van der Waals surface area contributed by atoms with E-state index in [0.29, 0.717) is 23.2 Å². The molecular formula is C29H34N2O6. The quantitative estimate of drug-likeness (QED) is 0.385. The fourth-order valence-electron chi connectivity index (χ4n) is 5.03. The summed E-state index contributed by atoms with van der Waals surface area (Å²) in [6.07, 6.45) is 5.15. The molecule has 1 N–H and O–H groups in total. The molecular weight excluding hydrogens is 472 g/mol. The third kappa shape index (κ3) is 6.09. The van der Waals surface area contributed by atoms with Gasteiger partial charge in [0.15, 0.2) is 0 Å². The fraction of sp³-hybridized carbons (Fsp3) is 0.414. The third-order valence-electron chi connectivity index (χ3n) is 7.00. The van der Waals surface area contributed by atoms with Crippen LogP contribution in [0.25, 0.3) is 10.8 Å². The van der Waals surface area contributed by atoms with Crippen molar-refractivity contribution in [3.05, 3.63) is 60.3 Å². The molecule has 1 amide bonds. The number of hydrogen-bond donors (Lipinski definition) is 1. The maximum absolute atomic E-state index is 13.9. The van der Waals surface area contributed by atoms with Gasteiger partial charge < -0.3 is 24.2 Å². The van der Waals surface area contributed by atoms with Gasteiger partial charge in [-0.05, 0) is 67.3 Å². The lowest BCUT2D eigenvalue weighted by molar-refractivity contribution is -0.124. The zero-order valence-electron chi connectivity index (χ0n) is 21.6. The van der Waals surface area contributed by atoms with Gasteiger partial charge in [0.25, 0.3) is 0 Å². The topological polar surface area (TPSA) is 98.2 Å². The lowest BCUT2D eigenvalue weighted by atomic mass is 9.82. The monoisotopic (exact) mass is 506 g/mol. The van der Waals surface area contributed by atoms with Crippen molar-refractivity contribution in [2.75, 3.05) is 32.3 Å². The third-order valence-corrected chi connectivity index (χ3v) is 7.00. The largest absolute Gasteiger partial charge is 0.478 e. The number of aromatic carboxylic acids is 1. The van der Waals surface area contributed by atoms with Gasteiger partial charge in [-0.25, -0.2) is 9.78 Å². The molecule has 0 saturated heterocycles. The molecule has 37 heavy (non-hydrogen) atoms. The van der Waals surface area contributed by atoms with Crippen molar-refractivity contribution in [2.24, 2.45) is 11.8 Å². The molecule has 1 saturated carbocycles. The number of fused-ring (bicyclic) bond motifs is 1. The first-order valence-corrected chi connectivity index (χ1v) is 12.6. The zero-order valence-corrected chi connectivity index (χ0v) is 21.6. The van der Waals surface area contributed by atoms with Gasteiger partial charge in [0.2, 0.25) is 11.8 Å². The Morgan fingerprint density at radius 1 is 1.03 bits per heavy atom. The molecule has 0 bridgehead atoms. The summed E-state index contributed by atoms with van der Waals surface area (Å²) in [6, 6.07) is 13.8. The summed E-state index contributed by atoms with van der Waals surface area (Å²) < 4.78 is 16.8. The number of carboxylic acids is 1. The van der Waals surface area contributed by atoms with Crippen LogP contribution in [-0.2, 0) is 14.3 Å². The van der Waals surface area contributed by atoms with E-state index in [1.54, 1.807) is 37.4 Å². The normalized spacial score (nSPS) is 17.6. The smallest absolute Gasteiger partial charge is 0.337 e. The second-order valence-electron chi connectivity index (χ2n) is 9.65. The van der Waals surface area contributed by atoms with Crippen molar-refractivity contribution in [1.29, 1.82) is 0 Å². The van der Waals surface area contributed by atoms with Crippen LogP contribution in [0.3, 0.4) is 0 Å². The second kappa shape index (κ2) is 12.2. The molecule has 8 nitrogen and oxygen atoms in total. The Morgan fingerprint density at radius 3 is 2.41 bits per heavy atom. The molecule has 8 heteroatoms. The number of benzene rings is 2. The number of rotatable bonds is 10. The highest BCUT2D eigenvalue weighted by Crippen LogP contribution is 2.35. The summed E-state index contributed by atoms with van der Waals surface area (Å²) in [6.45, 7) is 2.61. The highest BCUT2D eigenvalue weighted by Gasteiger charge is 2.35. The summed E-state index contributed by atoms with van der Waals surface area (Å²) in [4.78, 5) is 32.2. The SMILES string of the molecule is COCC(COC)N(c1ccc(Oc2nccc3ccccc23)cc1C(=O)O)C(=O)[C@H]1CC[C@H](C)CC1. The second-order valence-corrected chi connectivity index (χ2v) is 9.65. The van der Waals surface area contributed by atoms with Crippen molar-refractivity contribution in [2.45, 2.75) is 38.6 Å². The van der Waals surface area contributed by atoms with Crippen LogP contribution in [0.4, 0.5) is 5.69 Å². The van der Waals surface area contributed by atoms with E-state index in [9.17, 15) is 14.7 Å². The number of carbonyl (C=O) groups is 2. The van der Waals surface area contributed by atoms with Gasteiger partial charge in [-0.15, -0.1) is 0 Å². The lowest BCUT2D eigenvalue weighted by Crippen LogP contribution is -2.49. The Bertz CT molecular complexity index is 1230. The van der Waals surface area contributed by atoms with Crippen molar-refractivity contribution in [1.82, 2.24) is 4.98 Å². The summed E-state index contributed by atoms with van der Waals surface area (Å²) in [7, 11) is 3.11. The van der Waals surface area contributed by atoms with E-state index in [1.165, 1.54) is 6.07 Å². The number of hydrogen-bond acceptors (Lipinski definition) is 6. The molecule has 1 aliphatic rings. The average molecular weight is 507 g/mol. The number of anilines is 1. The Labute approximate surface area is 217 Å². The van der Waals surface area contributed by atoms with Gasteiger partial charge in [-0.2, -0.15) is 0 Å². The Morgan fingerprint density at radius 2 is 1.73 bits per heavy atom. The molecule has 2 aromatic carbocycles. The summed E-state index contributed by atoms with van der Waals surface area (Å²) >= 11 is 0. The van der Waals surface area contributed by atoms with Crippen molar-refractivity contribution >= 4 is 28.3 Å². The standard InChI is InChI=1S/C29H34N2O6/c1-19-8-10-21(11-9-19)28(32)31(22(17-35-2)18-36-3)26-13-12-23(16-25(26)29(33)34)37-27-24-7-5-4-6-20(24)14-15-30-27/h4-7,12-16,19,21-22H,8-11,17-18H2,1-3H3,(H,33,34)/t19-,21-. The predicted octanol–water partition coefficient (Wildman–Crippen LogP) is 5.55. The maximum Gasteiger partial charge on any atom is 0.337 e. The molecule has 4 rings (SSSR count). The lowest BCUT2D eigenvalue weighted by Gasteiger charge is -2.36. The van der Waals surface area contributed by atoms with Gasteiger partial charge in [0.05, 0.1) is 30.5 Å². The minimum absolute atomic E-state index is 0.0347. The van der Waals surface area contributed by atoms with E-state index in [4.69, 9.17) is 14.2 Å². The number of ether oxygens (including phenoxy) is 3. The highest BCUT2D eigenvalue weighted by molar-refractivity contribution is 6.03. The number of amides is 1. The number of aromatic nitrogens is 1. The Hall–Kier alpha value is -3.49. The minimum Gasteiger partial charge on any atom is -0.478 e. The van der Waals surface area contributed by atoms with Crippen LogP contribution >= 0.6 is 0 Å². The molecule has 1 fully saturated rings. The van der Waals surface area contributed by atoms with Crippen molar-refractivity contribution in [3.63, 3.8) is 0 Å². The number of carbonyl (C=O) groups excluding carboxylic acids is 1. The van der Waals surface area contributed by atoms with Gasteiger partial charge in [0.1, 0.15) is 5.75 Å². The van der Waals surface area contributed by atoms with Gasteiger partial charge in [-0.3, -0.25) is 4.79 Å². The first kappa shape index (κ1) is 26.6. The number of methoxy groups -OCH3 is 2. The van der Waals surface area contributed by atoms with Crippen LogP contribution in [0.2, 0.25) is 0 Å². The molecule has 0 radical (unpaired) electrons. The number of nitrogens with zero attached hydrogens (tertiary/aromatic N) is 2. The molecule has 0 unspecified atom stereocenters. The Kier molecular flexibility index (Phi) is 8.74. The maximum atomic E-state index is 13.9. The first-order chi connectivity index (χ1) is 17.9. The molecule has 1 aliphatic carbocycles. The molecule has 196 valence electrons. The Balaban J connectivity index is 1.73. The van der Waals surface area contributed by atoms with Crippen LogP contribution in [0, 0.1) is 11.8 Å². The van der Waals surface area contributed by atoms with Crippen LogP contribution in [0.1, 0.15) is 43.0 Å². The summed E-state index contributed by atoms with van der Waals surface area (Å²) in [5.41, 5.74) is 0.265. The molecule has 1 heterocycles. The molecule has 3 aromatic rings. The highest BCUT2D eigenvalue weighted by atomic mass is 16.5. The van der Waals surface area contributed by atoms with E-state index in [0.717, 1.165) is 36.5 Å². The van der Waals surface area contributed by atoms with Crippen LogP contribution in [0.15, 0.2) is 54.7 Å². The molecule has 1 aromatic heterocycles. The van der Waals surface area contributed by atoms with E-state index >= 15 is 0 Å². The molecule has 0 aliphatic heterocycles. The van der Waals surface area contributed by atoms with Gasteiger partial charge in [-0.1, -0.05) is 25.1 Å². The van der Waals surface area contributed by atoms with Crippen molar-refractivity contribution in [3.8, 4) is 11.6 Å². The van der Waals surface area contributed by atoms with E-state index < -0.39 is 12.0 Å². The van der Waals surface area contributed by atoms with Crippen LogP contribution in [0.5, 0.6) is 11.6 Å². The average Bonchev–Trinajstić information content (AvgIpc) is 2.90. The van der Waals surface area contributed by atoms with Crippen molar-refractivity contribution < 1.29 is 28.9 Å². The molecule has 0 spiro atoms. The van der Waals surface area contributed by atoms with Crippen LogP contribution < -0.4 is 9.64 Å². The molecule has 0 atom stereocenters. The van der Waals surface area contributed by atoms with E-state index in [1.807, 2.05) is 30.3 Å². The van der Waals surface area contributed by atoms with Gasteiger partial charge >= 0.3 is 5.97 Å². The van der Waals surface area contributed by atoms with E-state index in [-0.39, 0.29) is 30.6 Å². The predicted molar refractivity (Wildman–Crippen MR) is 141 cm³/mol. The van der Waals surface area contributed by atoms with Gasteiger partial charge in [0, 0.05) is 31.7 Å². The minimum atomic E-state index is -1.16. The first-order valence-electron chi connectivity index (χ1n) is 12.6. The van der Waals surface area contributed by atoms with Crippen LogP contribution in [-0.4, -0.2) is 55.4 Å². The summed E-state index contributed by atoms with van der Waals surface area (Å²) in [5.74, 6) is -0.153. The number of pyridine rings is 1. The zero-order chi connectivity index (χ0) is 26.4. The number of carboxylic acid groups (broad SMARTS) is 1. The van der Waals surface area contributed by atoms with E-state index in [2.05, 4.69) is 11.9 Å². The summed E-state index contributed by atoms with van der Waals surface area (Å²) in [5, 5.41) is 11.9. The fourth-order valence-corrected chi connectivity index (χ4v) is 5.03.